The van der Waals surface area contributed by atoms with Gasteiger partial charge in [-0.3, -0.25) is 34.6 Å². The highest BCUT2D eigenvalue weighted by molar-refractivity contribution is 7.99. The van der Waals surface area contributed by atoms with Gasteiger partial charge < -0.3 is 30.2 Å². The van der Waals surface area contributed by atoms with E-state index in [0.717, 1.165) is 30.0 Å². The molecular weight excluding hydrogens is 654 g/mol. The number of ether oxygens (including phenoxy) is 3. The number of carbonyl (C=O) groups excluding carboxylic acids is 5. The third-order valence-electron chi connectivity index (χ3n) is 6.18. The number of hydrogen-bond donors (Lipinski definition) is 3. The van der Waals surface area contributed by atoms with E-state index < -0.39 is 69.7 Å². The van der Waals surface area contributed by atoms with Gasteiger partial charge in [-0.05, 0) is 30.9 Å². The Balaban J connectivity index is 2.14. The summed E-state index contributed by atoms with van der Waals surface area (Å²) in [4.78, 5) is 84.1. The standard InChI is InChI=1S/C30H37N5O12S/c1-3-14-45-27(37)17-31-28(38)23(19-48-25-12-10-21(34(41)42)16-24(25)35(43)44)32-26(36)13-11-22(29(39)46-15-4-2)33-30(40)47-18-20-8-6-5-7-9-20/h5-10,12,16,22-23H,3-4,11,13-15,17-19H2,1-2H3,(H,31,38)(H,32,36)(H,33,40). The predicted molar refractivity (Wildman–Crippen MR) is 171 cm³/mol. The SMILES string of the molecule is CCCOC(=O)CNC(=O)C(CSc1ccc([N+](=O)[O-])cc1[N+](=O)[O-])NC(=O)CCC(NC(=O)OCc1ccccc1)C(=O)OCCC. The van der Waals surface area contributed by atoms with Gasteiger partial charge in [0, 0.05) is 18.2 Å². The highest BCUT2D eigenvalue weighted by Crippen LogP contribution is 2.32. The number of nitrogens with one attached hydrogen (secondary N) is 3. The zero-order chi connectivity index (χ0) is 35.5. The van der Waals surface area contributed by atoms with Crippen LogP contribution < -0.4 is 16.0 Å². The molecule has 2 unspecified atom stereocenters. The first-order valence-electron chi connectivity index (χ1n) is 14.9. The summed E-state index contributed by atoms with van der Waals surface area (Å²) in [5.74, 6) is -3.38. The number of nitrogens with zero attached hydrogens (tertiary/aromatic N) is 2. The molecule has 0 aliphatic carbocycles. The molecule has 0 saturated heterocycles. The van der Waals surface area contributed by atoms with Crippen LogP contribution in [0, 0.1) is 20.2 Å². The average molecular weight is 692 g/mol. The van der Waals surface area contributed by atoms with Crippen LogP contribution in [0.5, 0.6) is 0 Å². The second kappa shape index (κ2) is 20.8. The van der Waals surface area contributed by atoms with E-state index in [1.54, 1.807) is 44.2 Å². The van der Waals surface area contributed by atoms with Gasteiger partial charge in [0.2, 0.25) is 11.8 Å². The quantitative estimate of drug-likeness (QED) is 0.0596. The van der Waals surface area contributed by atoms with Crippen molar-refractivity contribution in [2.75, 3.05) is 25.5 Å². The number of rotatable bonds is 20. The molecule has 260 valence electrons. The molecule has 0 heterocycles. The number of hydrogen-bond acceptors (Lipinski definition) is 13. The first kappa shape index (κ1) is 38.9. The first-order chi connectivity index (χ1) is 22.9. The molecule has 2 aromatic rings. The molecule has 3 N–H and O–H groups in total. The molecule has 48 heavy (non-hydrogen) atoms. The lowest BCUT2D eigenvalue weighted by atomic mass is 10.1. The Hall–Kier alpha value is -5.26. The Morgan fingerprint density at radius 3 is 2.19 bits per heavy atom. The van der Waals surface area contributed by atoms with Crippen LogP contribution in [0.3, 0.4) is 0 Å². The van der Waals surface area contributed by atoms with Crippen molar-refractivity contribution in [3.63, 3.8) is 0 Å². The number of carbonyl (C=O) groups is 5. The number of thioether (sulfide) groups is 1. The third-order valence-corrected chi connectivity index (χ3v) is 7.34. The lowest BCUT2D eigenvalue weighted by Crippen LogP contribution is -2.50. The number of non-ortho nitro benzene ring substituents is 1. The fourth-order valence-electron chi connectivity index (χ4n) is 3.79. The number of amides is 3. The minimum absolute atomic E-state index is 0.0167. The van der Waals surface area contributed by atoms with Crippen molar-refractivity contribution in [3.05, 3.63) is 74.3 Å². The Labute approximate surface area is 279 Å². The van der Waals surface area contributed by atoms with E-state index in [2.05, 4.69) is 16.0 Å². The normalized spacial score (nSPS) is 11.7. The van der Waals surface area contributed by atoms with Crippen LogP contribution in [-0.4, -0.2) is 77.3 Å². The fraction of sp³-hybridized carbons (Fsp3) is 0.433. The van der Waals surface area contributed by atoms with E-state index in [1.165, 1.54) is 0 Å². The summed E-state index contributed by atoms with van der Waals surface area (Å²) in [7, 11) is 0. The molecule has 3 amide bonds. The molecule has 0 saturated carbocycles. The lowest BCUT2D eigenvalue weighted by Gasteiger charge is -2.20. The molecule has 0 bridgehead atoms. The molecular formula is C30H37N5O12S. The minimum Gasteiger partial charge on any atom is -0.464 e. The molecule has 2 atom stereocenters. The van der Waals surface area contributed by atoms with Crippen LogP contribution in [-0.2, 0) is 40.0 Å². The second-order valence-corrected chi connectivity index (χ2v) is 11.1. The van der Waals surface area contributed by atoms with E-state index in [4.69, 9.17) is 14.2 Å². The van der Waals surface area contributed by atoms with E-state index in [0.29, 0.717) is 18.4 Å². The number of nitro benzene ring substituents is 2. The molecule has 2 rings (SSSR count). The summed E-state index contributed by atoms with van der Waals surface area (Å²) in [6.45, 7) is 3.16. The number of esters is 2. The van der Waals surface area contributed by atoms with Crippen LogP contribution >= 0.6 is 11.8 Å². The van der Waals surface area contributed by atoms with Crippen LogP contribution in [0.2, 0.25) is 0 Å². The third kappa shape index (κ3) is 14.0. The first-order valence-corrected chi connectivity index (χ1v) is 15.9. The summed E-state index contributed by atoms with van der Waals surface area (Å²) >= 11 is 0.769. The number of benzene rings is 2. The summed E-state index contributed by atoms with van der Waals surface area (Å²) < 4.78 is 15.2. The minimum atomic E-state index is -1.36. The van der Waals surface area contributed by atoms with Crippen LogP contribution in [0.1, 0.15) is 45.1 Å². The van der Waals surface area contributed by atoms with Crippen LogP contribution in [0.15, 0.2) is 53.4 Å². The predicted octanol–water partition coefficient (Wildman–Crippen LogP) is 3.18. The van der Waals surface area contributed by atoms with Crippen LogP contribution in [0.25, 0.3) is 0 Å². The topological polar surface area (TPSA) is 235 Å². The van der Waals surface area contributed by atoms with Crippen molar-refractivity contribution < 1.29 is 48.0 Å². The van der Waals surface area contributed by atoms with Gasteiger partial charge >= 0.3 is 18.0 Å². The van der Waals surface area contributed by atoms with Crippen molar-refractivity contribution in [2.45, 2.75) is 63.1 Å². The van der Waals surface area contributed by atoms with Gasteiger partial charge in [-0.15, -0.1) is 11.8 Å². The van der Waals surface area contributed by atoms with Crippen LogP contribution in [0.4, 0.5) is 16.2 Å². The van der Waals surface area contributed by atoms with Crippen molar-refractivity contribution in [3.8, 4) is 0 Å². The van der Waals surface area contributed by atoms with E-state index in [1.807, 2.05) is 0 Å². The molecule has 0 fully saturated rings. The maximum absolute atomic E-state index is 13.0. The summed E-state index contributed by atoms with van der Waals surface area (Å²) in [5, 5.41) is 29.9. The molecule has 17 nitrogen and oxygen atoms in total. The van der Waals surface area contributed by atoms with Gasteiger partial charge in [-0.25, -0.2) is 9.59 Å². The van der Waals surface area contributed by atoms with Gasteiger partial charge in [0.05, 0.1) is 34.0 Å². The molecule has 0 aliphatic rings. The molecule has 0 aliphatic heterocycles. The maximum Gasteiger partial charge on any atom is 0.408 e. The second-order valence-electron chi connectivity index (χ2n) is 10.0. The van der Waals surface area contributed by atoms with E-state index >= 15 is 0 Å². The number of alkyl carbamates (subject to hydrolysis) is 1. The van der Waals surface area contributed by atoms with Crippen molar-refractivity contribution in [1.82, 2.24) is 16.0 Å². The smallest absolute Gasteiger partial charge is 0.408 e. The lowest BCUT2D eigenvalue weighted by molar-refractivity contribution is -0.396. The fourth-order valence-corrected chi connectivity index (χ4v) is 4.82. The van der Waals surface area contributed by atoms with Gasteiger partial charge in [0.25, 0.3) is 11.4 Å². The van der Waals surface area contributed by atoms with E-state index in [9.17, 15) is 44.2 Å². The summed E-state index contributed by atoms with van der Waals surface area (Å²) in [6.07, 6.45) is -0.491. The molecule has 18 heteroatoms. The highest BCUT2D eigenvalue weighted by atomic mass is 32.2. The Morgan fingerprint density at radius 1 is 0.854 bits per heavy atom. The van der Waals surface area contributed by atoms with Gasteiger partial charge in [0.1, 0.15) is 25.2 Å². The van der Waals surface area contributed by atoms with E-state index in [-0.39, 0.29) is 43.3 Å². The average Bonchev–Trinajstić information content (AvgIpc) is 3.07. The monoisotopic (exact) mass is 691 g/mol. The summed E-state index contributed by atoms with van der Waals surface area (Å²) in [5.41, 5.74) is -0.387. The molecule has 2 aromatic carbocycles. The zero-order valence-corrected chi connectivity index (χ0v) is 27.2. The molecule has 0 aromatic heterocycles. The Morgan fingerprint density at radius 2 is 1.54 bits per heavy atom. The van der Waals surface area contributed by atoms with Gasteiger partial charge in [-0.2, -0.15) is 0 Å². The zero-order valence-electron chi connectivity index (χ0n) is 26.3. The largest absolute Gasteiger partial charge is 0.464 e. The van der Waals surface area contributed by atoms with Crippen molar-refractivity contribution >= 4 is 53.0 Å². The summed E-state index contributed by atoms with van der Waals surface area (Å²) in [6, 6.07) is 9.14. The maximum atomic E-state index is 13.0. The van der Waals surface area contributed by atoms with Crippen molar-refractivity contribution in [1.29, 1.82) is 0 Å². The highest BCUT2D eigenvalue weighted by Gasteiger charge is 2.28. The van der Waals surface area contributed by atoms with Gasteiger partial charge in [0.15, 0.2) is 0 Å². The Bertz CT molecular complexity index is 1440. The number of nitro groups is 2. The Kier molecular flexibility index (Phi) is 16.8. The van der Waals surface area contributed by atoms with Crippen molar-refractivity contribution in [2.24, 2.45) is 0 Å². The van der Waals surface area contributed by atoms with Gasteiger partial charge in [-0.1, -0.05) is 44.2 Å². The molecule has 0 spiro atoms. The molecule has 0 radical (unpaired) electrons.